The fraction of sp³-hybridized carbons (Fsp3) is 0.385. The zero-order valence-corrected chi connectivity index (χ0v) is 10.0. The largest absolute Gasteiger partial charge is 0.323 e. The molecule has 0 spiro atoms. The van der Waals surface area contributed by atoms with E-state index in [0.29, 0.717) is 6.54 Å². The van der Waals surface area contributed by atoms with Gasteiger partial charge in [0.05, 0.1) is 23.2 Å². The van der Waals surface area contributed by atoms with Crippen LogP contribution in [0.5, 0.6) is 0 Å². The Labute approximate surface area is 105 Å². The molecule has 2 unspecified atom stereocenters. The number of amides is 1. The minimum atomic E-state index is -0.582. The van der Waals surface area contributed by atoms with Crippen LogP contribution in [0, 0.1) is 29.0 Å². The SMILES string of the molecule is CC1CNCC1C(=O)Nc1ccc(C#N)cc1F. The minimum absolute atomic E-state index is 0.123. The summed E-state index contributed by atoms with van der Waals surface area (Å²) in [4.78, 5) is 11.9. The number of nitriles is 1. The fourth-order valence-electron chi connectivity index (χ4n) is 2.07. The average Bonchev–Trinajstić information content (AvgIpc) is 2.78. The lowest BCUT2D eigenvalue weighted by atomic mass is 9.97. The summed E-state index contributed by atoms with van der Waals surface area (Å²) < 4.78 is 13.6. The number of halogens is 1. The summed E-state index contributed by atoms with van der Waals surface area (Å²) in [5, 5.41) is 14.3. The van der Waals surface area contributed by atoms with Crippen molar-refractivity contribution >= 4 is 11.6 Å². The summed E-state index contributed by atoms with van der Waals surface area (Å²) in [7, 11) is 0. The van der Waals surface area contributed by atoms with Crippen molar-refractivity contribution in [3.05, 3.63) is 29.6 Å². The number of carbonyl (C=O) groups excluding carboxylic acids is 1. The van der Waals surface area contributed by atoms with E-state index in [2.05, 4.69) is 10.6 Å². The first-order valence-electron chi connectivity index (χ1n) is 5.83. The van der Waals surface area contributed by atoms with E-state index in [1.54, 1.807) is 0 Å². The van der Waals surface area contributed by atoms with Crippen molar-refractivity contribution in [3.8, 4) is 6.07 Å². The second-order valence-electron chi connectivity index (χ2n) is 4.54. The summed E-state index contributed by atoms with van der Waals surface area (Å²) in [5.41, 5.74) is 0.361. The van der Waals surface area contributed by atoms with Crippen LogP contribution >= 0.6 is 0 Å². The Morgan fingerprint density at radius 1 is 1.56 bits per heavy atom. The van der Waals surface area contributed by atoms with Crippen molar-refractivity contribution in [1.82, 2.24) is 5.32 Å². The van der Waals surface area contributed by atoms with Gasteiger partial charge in [0.15, 0.2) is 0 Å². The van der Waals surface area contributed by atoms with Crippen LogP contribution in [-0.4, -0.2) is 19.0 Å². The molecule has 1 aliphatic heterocycles. The molecule has 0 aromatic heterocycles. The van der Waals surface area contributed by atoms with E-state index in [0.717, 1.165) is 12.6 Å². The molecule has 0 radical (unpaired) electrons. The summed E-state index contributed by atoms with van der Waals surface area (Å²) >= 11 is 0. The molecule has 0 saturated carbocycles. The van der Waals surface area contributed by atoms with Crippen LogP contribution in [0.2, 0.25) is 0 Å². The lowest BCUT2D eigenvalue weighted by molar-refractivity contribution is -0.120. The molecule has 2 N–H and O–H groups in total. The van der Waals surface area contributed by atoms with Crippen molar-refractivity contribution in [1.29, 1.82) is 5.26 Å². The Hall–Kier alpha value is -1.93. The predicted molar refractivity (Wildman–Crippen MR) is 65.3 cm³/mol. The Morgan fingerprint density at radius 2 is 2.33 bits per heavy atom. The summed E-state index contributed by atoms with van der Waals surface area (Å²) in [5.74, 6) is -0.663. The van der Waals surface area contributed by atoms with Gasteiger partial charge in [-0.1, -0.05) is 6.92 Å². The van der Waals surface area contributed by atoms with Gasteiger partial charge < -0.3 is 10.6 Å². The highest BCUT2D eigenvalue weighted by atomic mass is 19.1. The topological polar surface area (TPSA) is 64.9 Å². The molecule has 4 nitrogen and oxygen atoms in total. The molecular formula is C13H14FN3O. The van der Waals surface area contributed by atoms with Crippen molar-refractivity contribution < 1.29 is 9.18 Å². The van der Waals surface area contributed by atoms with E-state index in [4.69, 9.17) is 5.26 Å². The smallest absolute Gasteiger partial charge is 0.229 e. The van der Waals surface area contributed by atoms with Gasteiger partial charge in [0, 0.05) is 6.54 Å². The van der Waals surface area contributed by atoms with Crippen LogP contribution in [-0.2, 0) is 4.79 Å². The Balaban J connectivity index is 2.10. The van der Waals surface area contributed by atoms with Crippen LogP contribution in [0.15, 0.2) is 18.2 Å². The Morgan fingerprint density at radius 3 is 2.89 bits per heavy atom. The molecule has 94 valence electrons. The van der Waals surface area contributed by atoms with E-state index in [1.807, 2.05) is 13.0 Å². The van der Waals surface area contributed by atoms with Gasteiger partial charge in [-0.05, 0) is 30.7 Å². The van der Waals surface area contributed by atoms with Crippen LogP contribution in [0.3, 0.4) is 0 Å². The lowest BCUT2D eigenvalue weighted by Gasteiger charge is -2.14. The van der Waals surface area contributed by atoms with E-state index in [-0.39, 0.29) is 29.0 Å². The summed E-state index contributed by atoms with van der Waals surface area (Å²) in [6.45, 7) is 3.40. The molecule has 1 aromatic rings. The normalized spacial score (nSPS) is 22.5. The van der Waals surface area contributed by atoms with Crippen LogP contribution in [0.25, 0.3) is 0 Å². The van der Waals surface area contributed by atoms with Gasteiger partial charge in [0.2, 0.25) is 5.91 Å². The second kappa shape index (κ2) is 5.15. The molecule has 0 bridgehead atoms. The van der Waals surface area contributed by atoms with Gasteiger partial charge in [-0.3, -0.25) is 4.79 Å². The minimum Gasteiger partial charge on any atom is -0.323 e. The third kappa shape index (κ3) is 2.49. The molecule has 0 aliphatic carbocycles. The Kier molecular flexibility index (Phi) is 3.58. The number of nitrogens with one attached hydrogen (secondary N) is 2. The van der Waals surface area contributed by atoms with Crippen molar-refractivity contribution in [2.75, 3.05) is 18.4 Å². The molecule has 1 aliphatic rings. The highest BCUT2D eigenvalue weighted by Gasteiger charge is 2.29. The quantitative estimate of drug-likeness (QED) is 0.832. The molecule has 1 fully saturated rings. The first kappa shape index (κ1) is 12.5. The van der Waals surface area contributed by atoms with Gasteiger partial charge in [-0.25, -0.2) is 4.39 Å². The van der Waals surface area contributed by atoms with Gasteiger partial charge in [0.1, 0.15) is 5.82 Å². The predicted octanol–water partition coefficient (Wildman–Crippen LogP) is 1.49. The Bertz CT molecular complexity index is 509. The number of hydrogen-bond acceptors (Lipinski definition) is 3. The number of hydrogen-bond donors (Lipinski definition) is 2. The first-order valence-corrected chi connectivity index (χ1v) is 5.83. The molecule has 5 heteroatoms. The third-order valence-corrected chi connectivity index (χ3v) is 3.21. The highest BCUT2D eigenvalue weighted by Crippen LogP contribution is 2.20. The van der Waals surface area contributed by atoms with E-state index < -0.39 is 5.82 Å². The maximum atomic E-state index is 13.6. The molecular weight excluding hydrogens is 233 g/mol. The molecule has 1 heterocycles. The first-order chi connectivity index (χ1) is 8.61. The monoisotopic (exact) mass is 247 g/mol. The molecule has 1 amide bonds. The fourth-order valence-corrected chi connectivity index (χ4v) is 2.07. The highest BCUT2D eigenvalue weighted by molar-refractivity contribution is 5.93. The number of nitrogens with zero attached hydrogens (tertiary/aromatic N) is 1. The van der Waals surface area contributed by atoms with Crippen molar-refractivity contribution in [3.63, 3.8) is 0 Å². The van der Waals surface area contributed by atoms with Gasteiger partial charge >= 0.3 is 0 Å². The van der Waals surface area contributed by atoms with Crippen LogP contribution in [0.1, 0.15) is 12.5 Å². The molecule has 1 saturated heterocycles. The summed E-state index contributed by atoms with van der Waals surface area (Å²) in [6.07, 6.45) is 0. The van der Waals surface area contributed by atoms with E-state index in [9.17, 15) is 9.18 Å². The number of benzene rings is 1. The molecule has 2 atom stereocenters. The van der Waals surface area contributed by atoms with Gasteiger partial charge in [-0.15, -0.1) is 0 Å². The van der Waals surface area contributed by atoms with Crippen molar-refractivity contribution in [2.24, 2.45) is 11.8 Å². The van der Waals surface area contributed by atoms with Crippen LogP contribution < -0.4 is 10.6 Å². The zero-order valence-electron chi connectivity index (χ0n) is 10.0. The van der Waals surface area contributed by atoms with Crippen molar-refractivity contribution in [2.45, 2.75) is 6.92 Å². The van der Waals surface area contributed by atoms with Crippen LogP contribution in [0.4, 0.5) is 10.1 Å². The van der Waals surface area contributed by atoms with E-state index >= 15 is 0 Å². The maximum Gasteiger partial charge on any atom is 0.229 e. The molecule has 1 aromatic carbocycles. The number of anilines is 1. The zero-order chi connectivity index (χ0) is 13.1. The van der Waals surface area contributed by atoms with Gasteiger partial charge in [0.25, 0.3) is 0 Å². The molecule has 18 heavy (non-hydrogen) atoms. The lowest BCUT2D eigenvalue weighted by Crippen LogP contribution is -2.28. The number of carbonyl (C=O) groups is 1. The number of rotatable bonds is 2. The molecule has 2 rings (SSSR count). The average molecular weight is 247 g/mol. The van der Waals surface area contributed by atoms with E-state index in [1.165, 1.54) is 12.1 Å². The second-order valence-corrected chi connectivity index (χ2v) is 4.54. The third-order valence-electron chi connectivity index (χ3n) is 3.21. The standard InChI is InChI=1S/C13H14FN3O/c1-8-6-16-7-10(8)13(18)17-12-3-2-9(5-15)4-11(12)14/h2-4,8,10,16H,6-7H2,1H3,(H,17,18). The van der Waals surface area contributed by atoms with Gasteiger partial charge in [-0.2, -0.15) is 5.26 Å². The maximum absolute atomic E-state index is 13.6. The summed E-state index contributed by atoms with van der Waals surface area (Å²) in [6, 6.07) is 5.86.